The molecule has 3 saturated carbocycles. The second-order valence-corrected chi connectivity index (χ2v) is 12.3. The van der Waals surface area contributed by atoms with E-state index in [9.17, 15) is 9.59 Å². The highest BCUT2D eigenvalue weighted by Crippen LogP contribution is 2.65. The first-order valence-electron chi connectivity index (χ1n) is 13.7. The molecule has 1 aromatic carbocycles. The number of nitriles is 1. The van der Waals surface area contributed by atoms with E-state index in [0.717, 1.165) is 24.8 Å². The average molecular weight is 503 g/mol. The predicted octanol–water partition coefficient (Wildman–Crippen LogP) is 3.69. The summed E-state index contributed by atoms with van der Waals surface area (Å²) in [5, 5.41) is 12.3. The number of rotatable bonds is 7. The highest BCUT2D eigenvalue weighted by Gasteiger charge is 2.68. The van der Waals surface area contributed by atoms with Crippen LogP contribution >= 0.6 is 0 Å². The van der Waals surface area contributed by atoms with Crippen molar-refractivity contribution in [2.45, 2.75) is 76.9 Å². The summed E-state index contributed by atoms with van der Waals surface area (Å²) in [5.41, 5.74) is 0.979. The molecule has 5 aliphatic rings. The maximum Gasteiger partial charge on any atom is 0.482 e. The summed E-state index contributed by atoms with van der Waals surface area (Å²) in [7, 11) is -0.502. The van der Waals surface area contributed by atoms with Gasteiger partial charge in [-0.05, 0) is 67.8 Å². The van der Waals surface area contributed by atoms with Gasteiger partial charge in [0.1, 0.15) is 11.6 Å². The minimum absolute atomic E-state index is 0.0418. The van der Waals surface area contributed by atoms with Crippen LogP contribution in [-0.2, 0) is 25.3 Å². The molecule has 5 fully saturated rings. The summed E-state index contributed by atoms with van der Waals surface area (Å²) in [4.78, 5) is 27.4. The minimum Gasteiger partial charge on any atom is -0.404 e. The number of hydrogen-bond acceptors (Lipinski definition) is 5. The molecule has 3 aliphatic carbocycles. The van der Waals surface area contributed by atoms with Crippen LogP contribution < -0.4 is 5.32 Å². The SMILES string of the molecule is C=C(C#N)C(=O)N1CCC[C@H](CC(=O)N[C@@H](Cc2ccccc2)B2O[C@@H]3C[C@@H]4C[C@@H](C4(C)C)[C@]3(C)O2)C1. The number of likely N-dealkylation sites (tertiary alicyclic amines) is 1. The van der Waals surface area contributed by atoms with Crippen molar-refractivity contribution in [3.8, 4) is 6.07 Å². The largest absolute Gasteiger partial charge is 0.482 e. The van der Waals surface area contributed by atoms with E-state index in [-0.39, 0.29) is 46.4 Å². The first kappa shape index (κ1) is 26.0. The normalized spacial score (nSPS) is 32.5. The van der Waals surface area contributed by atoms with Gasteiger partial charge in [-0.2, -0.15) is 5.26 Å². The van der Waals surface area contributed by atoms with Crippen LogP contribution in [0.4, 0.5) is 0 Å². The highest BCUT2D eigenvalue weighted by atomic mass is 16.7. The molecule has 8 heteroatoms. The van der Waals surface area contributed by atoms with Crippen LogP contribution in [0, 0.1) is 34.5 Å². The van der Waals surface area contributed by atoms with Crippen molar-refractivity contribution in [2.24, 2.45) is 23.2 Å². The van der Waals surface area contributed by atoms with Gasteiger partial charge in [0, 0.05) is 19.5 Å². The Hall–Kier alpha value is -2.63. The van der Waals surface area contributed by atoms with Gasteiger partial charge < -0.3 is 19.5 Å². The molecule has 7 nitrogen and oxygen atoms in total. The van der Waals surface area contributed by atoms with Gasteiger partial charge in [-0.3, -0.25) is 9.59 Å². The summed E-state index contributed by atoms with van der Waals surface area (Å²) < 4.78 is 13.3. The zero-order valence-electron chi connectivity index (χ0n) is 22.2. The molecule has 2 heterocycles. The Morgan fingerprint density at radius 1 is 1.27 bits per heavy atom. The summed E-state index contributed by atoms with van der Waals surface area (Å²) in [5.74, 6) is 0.456. The monoisotopic (exact) mass is 503 g/mol. The van der Waals surface area contributed by atoms with Crippen LogP contribution in [0.15, 0.2) is 42.5 Å². The van der Waals surface area contributed by atoms with Gasteiger partial charge in [0.25, 0.3) is 5.91 Å². The van der Waals surface area contributed by atoms with Crippen molar-refractivity contribution in [1.29, 1.82) is 5.26 Å². The van der Waals surface area contributed by atoms with E-state index in [0.29, 0.717) is 37.8 Å². The fraction of sp³-hybridized carbons (Fsp3) is 0.621. The Balaban J connectivity index is 1.27. The zero-order valence-corrected chi connectivity index (χ0v) is 22.2. The lowest BCUT2D eigenvalue weighted by Gasteiger charge is -2.64. The summed E-state index contributed by atoms with van der Waals surface area (Å²) >= 11 is 0. The Morgan fingerprint density at radius 2 is 2.03 bits per heavy atom. The lowest BCUT2D eigenvalue weighted by molar-refractivity contribution is -0.199. The van der Waals surface area contributed by atoms with E-state index in [2.05, 4.69) is 44.8 Å². The van der Waals surface area contributed by atoms with Crippen LogP contribution in [0.1, 0.15) is 58.4 Å². The second kappa shape index (κ2) is 9.92. The van der Waals surface area contributed by atoms with E-state index in [1.165, 1.54) is 6.42 Å². The molecule has 1 aromatic rings. The smallest absolute Gasteiger partial charge is 0.404 e. The molecule has 0 unspecified atom stereocenters. The molecule has 0 radical (unpaired) electrons. The van der Waals surface area contributed by atoms with Crippen molar-refractivity contribution >= 4 is 18.9 Å². The molecule has 2 aliphatic heterocycles. The van der Waals surface area contributed by atoms with Crippen molar-refractivity contribution in [3.05, 3.63) is 48.0 Å². The van der Waals surface area contributed by atoms with Crippen LogP contribution in [0.25, 0.3) is 0 Å². The Bertz CT molecular complexity index is 1100. The van der Waals surface area contributed by atoms with E-state index < -0.39 is 7.12 Å². The number of hydrogen-bond donors (Lipinski definition) is 1. The van der Waals surface area contributed by atoms with E-state index in [4.69, 9.17) is 14.6 Å². The first-order valence-corrected chi connectivity index (χ1v) is 13.7. The molecule has 0 aromatic heterocycles. The summed E-state index contributed by atoms with van der Waals surface area (Å²) in [6.45, 7) is 11.5. The van der Waals surface area contributed by atoms with Crippen molar-refractivity contribution in [3.63, 3.8) is 0 Å². The van der Waals surface area contributed by atoms with Crippen LogP contribution in [0.5, 0.6) is 0 Å². The Morgan fingerprint density at radius 3 is 2.73 bits per heavy atom. The molecular weight excluding hydrogens is 465 g/mol. The van der Waals surface area contributed by atoms with Crippen molar-refractivity contribution < 1.29 is 18.9 Å². The maximum atomic E-state index is 13.3. The Labute approximate surface area is 220 Å². The van der Waals surface area contributed by atoms with Gasteiger partial charge in [0.05, 0.1) is 17.6 Å². The number of nitrogens with zero attached hydrogens (tertiary/aromatic N) is 2. The van der Waals surface area contributed by atoms with Gasteiger partial charge in [-0.15, -0.1) is 0 Å². The lowest BCUT2D eigenvalue weighted by atomic mass is 9.43. The van der Waals surface area contributed by atoms with E-state index in [1.54, 1.807) is 4.90 Å². The number of carbonyl (C=O) groups excluding carboxylic acids is 2. The summed E-state index contributed by atoms with van der Waals surface area (Å²) in [6, 6.07) is 12.0. The second-order valence-electron chi connectivity index (χ2n) is 12.3. The third-order valence-electron chi connectivity index (χ3n) is 9.62. The van der Waals surface area contributed by atoms with Gasteiger partial charge in [0.15, 0.2) is 0 Å². The molecule has 6 rings (SSSR count). The molecule has 2 bridgehead atoms. The van der Waals surface area contributed by atoms with Gasteiger partial charge in [-0.1, -0.05) is 50.8 Å². The third-order valence-corrected chi connectivity index (χ3v) is 9.62. The molecule has 0 spiro atoms. The molecule has 1 N–H and O–H groups in total. The number of nitrogens with one attached hydrogen (secondary N) is 1. The first-order chi connectivity index (χ1) is 17.6. The predicted molar refractivity (Wildman–Crippen MR) is 141 cm³/mol. The number of amides is 2. The third kappa shape index (κ3) is 4.84. The topological polar surface area (TPSA) is 91.7 Å². The standard InChI is InChI=1S/C29H38BN3O4/c1-19(17-31)27(35)33-12-8-11-21(18-33)14-26(34)32-25(13-20-9-6-5-7-10-20)30-36-24-16-22-15-23(28(22,2)3)29(24,4)37-30/h5-7,9-10,21-25H,1,8,11-16,18H2,2-4H3,(H,32,34)/t21-,22+,23+,24-,25+,29+/m1/s1. The maximum absolute atomic E-state index is 13.3. The van der Waals surface area contributed by atoms with Crippen molar-refractivity contribution in [2.75, 3.05) is 13.1 Å². The van der Waals surface area contributed by atoms with Crippen LogP contribution in [0.3, 0.4) is 0 Å². The molecular formula is C29H38BN3O4. The Kier molecular flexibility index (Phi) is 6.97. The van der Waals surface area contributed by atoms with Crippen LogP contribution in [0.2, 0.25) is 0 Å². The van der Waals surface area contributed by atoms with Gasteiger partial charge >= 0.3 is 7.12 Å². The molecule has 37 heavy (non-hydrogen) atoms. The minimum atomic E-state index is -0.502. The molecule has 2 saturated heterocycles. The highest BCUT2D eigenvalue weighted by molar-refractivity contribution is 6.48. The molecule has 2 amide bonds. The van der Waals surface area contributed by atoms with Crippen molar-refractivity contribution in [1.82, 2.24) is 10.2 Å². The summed E-state index contributed by atoms with van der Waals surface area (Å²) in [6.07, 6.45) is 4.85. The number of carbonyl (C=O) groups is 2. The van der Waals surface area contributed by atoms with Gasteiger partial charge in [0.2, 0.25) is 5.91 Å². The van der Waals surface area contributed by atoms with Crippen LogP contribution in [-0.4, -0.2) is 54.6 Å². The molecule has 6 atom stereocenters. The fourth-order valence-corrected chi connectivity index (χ4v) is 7.34. The average Bonchev–Trinajstić information content (AvgIpc) is 3.25. The lowest BCUT2D eigenvalue weighted by Crippen LogP contribution is -2.65. The number of benzene rings is 1. The quantitative estimate of drug-likeness (QED) is 0.348. The van der Waals surface area contributed by atoms with E-state index >= 15 is 0 Å². The molecule has 196 valence electrons. The van der Waals surface area contributed by atoms with Gasteiger partial charge in [-0.25, -0.2) is 0 Å². The number of piperidine rings is 1. The zero-order chi connectivity index (χ0) is 26.4. The fourth-order valence-electron chi connectivity index (χ4n) is 7.34. The van der Waals surface area contributed by atoms with E-state index in [1.807, 2.05) is 24.3 Å².